The molecule has 15 nitrogen and oxygen atoms in total. The van der Waals surface area contributed by atoms with Gasteiger partial charge in [0, 0.05) is 105 Å². The summed E-state index contributed by atoms with van der Waals surface area (Å²) in [4.78, 5) is 31.8. The summed E-state index contributed by atoms with van der Waals surface area (Å²) in [6.07, 6.45) is 9.04. The van der Waals surface area contributed by atoms with E-state index < -0.39 is 132 Å². The molecule has 0 bridgehead atoms. The summed E-state index contributed by atoms with van der Waals surface area (Å²) in [6.45, 7) is 28.4. The highest BCUT2D eigenvalue weighted by molar-refractivity contribution is 8.00. The van der Waals surface area contributed by atoms with Crippen LogP contribution in [0.2, 0.25) is 0 Å². The molecule has 10 atom stereocenters. The van der Waals surface area contributed by atoms with Crippen molar-refractivity contribution in [2.24, 2.45) is 35.3 Å². The van der Waals surface area contributed by atoms with E-state index in [0.29, 0.717) is 101 Å². The maximum atomic E-state index is 13.9. The highest BCUT2D eigenvalue weighted by Gasteiger charge is 2.57. The molecule has 0 aromatic rings. The van der Waals surface area contributed by atoms with E-state index in [0.717, 1.165) is 51.6 Å². The molecule has 4 heterocycles. The van der Waals surface area contributed by atoms with Crippen LogP contribution in [0.25, 0.3) is 0 Å². The third kappa shape index (κ3) is 23.2. The topological polar surface area (TPSA) is 194 Å². The number of sulfone groups is 3. The number of nitrogens with zero attached hydrogens (tertiary/aromatic N) is 4. The van der Waals surface area contributed by atoms with Crippen LogP contribution in [0.5, 0.6) is 0 Å². The van der Waals surface area contributed by atoms with Crippen molar-refractivity contribution in [3.05, 3.63) is 0 Å². The van der Waals surface area contributed by atoms with E-state index in [4.69, 9.17) is 15.2 Å². The molecule has 10 aliphatic rings. The molecule has 4 aliphatic heterocycles. The van der Waals surface area contributed by atoms with Crippen LogP contribution in [-0.4, -0.2) is 210 Å². The average molecular weight is 1510 g/mol. The Hall–Kier alpha value is -2.08. The quantitative estimate of drug-likeness (QED) is 0.203. The zero-order valence-electron chi connectivity index (χ0n) is 61.2. The van der Waals surface area contributed by atoms with E-state index in [1.807, 2.05) is 20.8 Å². The molecule has 0 aromatic carbocycles. The van der Waals surface area contributed by atoms with Crippen LogP contribution in [0.3, 0.4) is 0 Å². The Balaban J connectivity index is 0.000000199. The first kappa shape index (κ1) is 85.8. The van der Waals surface area contributed by atoms with Gasteiger partial charge in [-0.3, -0.25) is 0 Å². The third-order valence-electron chi connectivity index (χ3n) is 22.7. The Morgan fingerprint density at radius 1 is 0.434 bits per heavy atom. The lowest BCUT2D eigenvalue weighted by Gasteiger charge is -2.40. The number of rotatable bonds is 10. The number of thioether (sulfide) groups is 1. The maximum absolute atomic E-state index is 13.9. The molecule has 0 spiro atoms. The van der Waals surface area contributed by atoms with Crippen molar-refractivity contribution in [3.63, 3.8) is 0 Å². The summed E-state index contributed by atoms with van der Waals surface area (Å²) in [5.41, 5.74) is 4.50. The molecule has 0 unspecified atom stereocenters. The number of likely N-dealkylation sites (tertiary alicyclic amines) is 4. The Morgan fingerprint density at radius 2 is 0.747 bits per heavy atom. The normalized spacial score (nSPS) is 32.0. The van der Waals surface area contributed by atoms with E-state index in [2.05, 4.69) is 37.5 Å². The predicted molar refractivity (Wildman–Crippen MR) is 372 cm³/mol. The lowest BCUT2D eigenvalue weighted by molar-refractivity contribution is -0.0770. The standard InChI is InChI=1S/C17H29F2NO4S.C17H29F2NO2S.C15H27F2NO2S.C14H26F2N2O2S.C7H10F2/c1-12-14(6-5-9-17(12,18)19)25(22,23)13-7-10-20(11-8-13)15(21)24-16(2,3)4;1-12-14(6-5-9-17(12,18)19)23-13-7-10-20(11-8-13)15(21)22-16(2,3)4;1-11(2)18-9-6-13(7-10-18)21(19,20)14-5-4-8-15(16,17)12(14)3;1-10(2)18-8-5-11(6-9-18)21(19,20)12-4-3-7-14(15,16)13(12)17;8-7(9)3-1-2-5-4-6(5)7/h12-14H,5-11H2,1-4H3;12-14H,5-11H2,1-4H3;11-14H,4-10H2,1-3H3;10-13H,3-9,17H2,1-2H3;5-6H,1-4H2/t3*12-,14+;12-,13+;5-,6+/m11100/s1. The lowest BCUT2D eigenvalue weighted by atomic mass is 9.86. The highest BCUT2D eigenvalue weighted by atomic mass is 32.2. The number of hydrogen-bond donors (Lipinski definition) is 1. The van der Waals surface area contributed by atoms with E-state index in [9.17, 15) is 78.7 Å². The van der Waals surface area contributed by atoms with Gasteiger partial charge in [0.15, 0.2) is 29.5 Å². The zero-order valence-corrected chi connectivity index (χ0v) is 64.5. The van der Waals surface area contributed by atoms with Gasteiger partial charge in [-0.1, -0.05) is 20.8 Å². The average Bonchev–Trinajstić information content (AvgIpc) is 1.62. The second-order valence-corrected chi connectivity index (χ2v) is 41.7. The number of hydrogen-bond acceptors (Lipinski definition) is 14. The van der Waals surface area contributed by atoms with Crippen molar-refractivity contribution in [1.29, 1.82) is 0 Å². The molecule has 2 N–H and O–H groups in total. The van der Waals surface area contributed by atoms with Gasteiger partial charge in [0.05, 0.1) is 37.5 Å². The van der Waals surface area contributed by atoms with Gasteiger partial charge in [-0.15, -0.1) is 0 Å². The van der Waals surface area contributed by atoms with Crippen molar-refractivity contribution >= 4 is 53.5 Å². The third-order valence-corrected chi connectivity index (χ3v) is 33.1. The molecule has 10 fully saturated rings. The van der Waals surface area contributed by atoms with Gasteiger partial charge < -0.3 is 34.8 Å². The number of carbonyl (C=O) groups excluding carboxylic acids is 2. The van der Waals surface area contributed by atoms with Crippen LogP contribution in [-0.2, 0) is 39.0 Å². The van der Waals surface area contributed by atoms with Crippen LogP contribution in [0, 0.1) is 29.6 Å². The van der Waals surface area contributed by atoms with Crippen LogP contribution >= 0.6 is 11.8 Å². The number of ether oxygens (including phenoxy) is 2. The molecule has 0 aromatic heterocycles. The minimum absolute atomic E-state index is 0.0301. The molecule has 29 heteroatoms. The first-order chi connectivity index (χ1) is 45.4. The highest BCUT2D eigenvalue weighted by Crippen LogP contribution is 2.57. The fraction of sp³-hybridized carbons (Fsp3) is 0.971. The van der Waals surface area contributed by atoms with E-state index in [1.165, 1.54) is 18.7 Å². The van der Waals surface area contributed by atoms with Gasteiger partial charge in [0.2, 0.25) is 0 Å². The SMILES string of the molecule is CC(C)N1CCC(S(=O)(=O)[C@H]2CCCC(F)(F)[C@@H]2C)CC1.CC(C)N1CCC(S(=O)(=O)[C@H]2CCCC(F)(F)[C@@H]2N)CC1.C[C@@H]1[C@@H](S(=O)(=O)C2CCN(C(=O)OC(C)(C)C)CC2)CCCC1(F)F.C[C@@H]1[C@@H](SC2CCN(C(=O)OC(C)(C)C)CC2)CCCC1(F)F.FC1(F)CCC[C@H]2C[C@H]21. The number of alkyl halides is 10. The van der Waals surface area contributed by atoms with Crippen molar-refractivity contribution in [2.75, 3.05) is 52.4 Å². The number of piperidine rings is 4. The van der Waals surface area contributed by atoms with Gasteiger partial charge >= 0.3 is 12.2 Å². The Morgan fingerprint density at radius 3 is 1.11 bits per heavy atom. The van der Waals surface area contributed by atoms with Crippen molar-refractivity contribution in [2.45, 2.75) is 345 Å². The molecule has 10 rings (SSSR count). The van der Waals surface area contributed by atoms with Gasteiger partial charge in [-0.25, -0.2) is 78.7 Å². The molecule has 0 radical (unpaired) electrons. The number of carbonyl (C=O) groups is 2. The van der Waals surface area contributed by atoms with Gasteiger partial charge in [0.1, 0.15) is 11.2 Å². The minimum atomic E-state index is -3.65. The largest absolute Gasteiger partial charge is 0.444 e. The fourth-order valence-electron chi connectivity index (χ4n) is 16.0. The summed E-state index contributed by atoms with van der Waals surface area (Å²) < 4.78 is 223. The second kappa shape index (κ2) is 34.2. The fourth-order valence-corrected chi connectivity index (χ4v) is 25.4. The molecule has 4 saturated heterocycles. The van der Waals surface area contributed by atoms with Gasteiger partial charge in [-0.2, -0.15) is 11.8 Å². The summed E-state index contributed by atoms with van der Waals surface area (Å²) in [5.74, 6) is -16.2. The Labute approximate surface area is 590 Å². The summed E-state index contributed by atoms with van der Waals surface area (Å²) in [7, 11) is -10.7. The molecular weight excluding hydrogens is 1390 g/mol. The van der Waals surface area contributed by atoms with E-state index in [1.54, 1.807) is 44.4 Å². The molecule has 6 aliphatic carbocycles. The van der Waals surface area contributed by atoms with Crippen molar-refractivity contribution in [3.8, 4) is 0 Å². The van der Waals surface area contributed by atoms with Crippen LogP contribution < -0.4 is 5.73 Å². The van der Waals surface area contributed by atoms with Crippen LogP contribution in [0.1, 0.15) is 244 Å². The maximum Gasteiger partial charge on any atom is 0.410 e. The van der Waals surface area contributed by atoms with Crippen molar-refractivity contribution in [1.82, 2.24) is 19.6 Å². The lowest BCUT2D eigenvalue weighted by Crippen LogP contribution is -2.57. The van der Waals surface area contributed by atoms with Gasteiger partial charge in [0.25, 0.3) is 29.6 Å². The van der Waals surface area contributed by atoms with Crippen molar-refractivity contribution < 1.29 is 88.2 Å². The summed E-state index contributed by atoms with van der Waals surface area (Å²) in [5, 5.41) is -4.14. The zero-order chi connectivity index (χ0) is 74.5. The van der Waals surface area contributed by atoms with E-state index in [-0.39, 0.29) is 94.6 Å². The monoisotopic (exact) mass is 1510 g/mol. The number of nitrogens with two attached hydrogens (primary N) is 1. The smallest absolute Gasteiger partial charge is 0.410 e. The number of amides is 2. The first-order valence-corrected chi connectivity index (χ1v) is 42.6. The minimum Gasteiger partial charge on any atom is -0.444 e. The van der Waals surface area contributed by atoms with Crippen LogP contribution in [0.4, 0.5) is 53.5 Å². The number of halogens is 10. The molecular formula is C70H121F10N5O10S4. The first-order valence-electron chi connectivity index (χ1n) is 36.9. The summed E-state index contributed by atoms with van der Waals surface area (Å²) >= 11 is 1.72. The second-order valence-electron chi connectivity index (χ2n) is 32.8. The van der Waals surface area contributed by atoms with Gasteiger partial charge in [-0.05, 0) is 223 Å². The predicted octanol–water partition coefficient (Wildman–Crippen LogP) is 15.9. The van der Waals surface area contributed by atoms with E-state index >= 15 is 0 Å². The van der Waals surface area contributed by atoms with Crippen LogP contribution in [0.15, 0.2) is 0 Å². The molecule has 2 amide bonds. The Bertz CT molecular complexity index is 2840. The number of fused-ring (bicyclic) bond motifs is 1. The Kier molecular flexibility index (Phi) is 29.7. The molecule has 6 saturated carbocycles. The molecule has 580 valence electrons. The molecule has 99 heavy (non-hydrogen) atoms. The summed E-state index contributed by atoms with van der Waals surface area (Å²) in [6, 6.07) is -0.763.